The van der Waals surface area contributed by atoms with E-state index in [1.54, 1.807) is 11.0 Å². The Hall–Kier alpha value is -2.95. The van der Waals surface area contributed by atoms with Gasteiger partial charge in [-0.2, -0.15) is 0 Å². The Kier molecular flexibility index (Phi) is 3.38. The normalized spacial score (nSPS) is 30.5. The Labute approximate surface area is 169 Å². The van der Waals surface area contributed by atoms with Gasteiger partial charge in [-0.3, -0.25) is 19.3 Å². The number of nitrogens with zero attached hydrogens (tertiary/aromatic N) is 1. The predicted octanol–water partition coefficient (Wildman–Crippen LogP) is 3.09. The van der Waals surface area contributed by atoms with Crippen LogP contribution in [0.2, 0.25) is 0 Å². The van der Waals surface area contributed by atoms with Crippen LogP contribution < -0.4 is 5.32 Å². The van der Waals surface area contributed by atoms with E-state index in [1.165, 1.54) is 0 Å². The van der Waals surface area contributed by atoms with Crippen LogP contribution >= 0.6 is 0 Å². The summed E-state index contributed by atoms with van der Waals surface area (Å²) < 4.78 is 0. The van der Waals surface area contributed by atoms with Crippen molar-refractivity contribution < 1.29 is 14.4 Å². The minimum atomic E-state index is -0.953. The van der Waals surface area contributed by atoms with Gasteiger partial charge in [0.2, 0.25) is 11.8 Å². The maximum absolute atomic E-state index is 13.8. The maximum Gasteiger partial charge on any atom is 0.252 e. The molecular weight excluding hydrogens is 364 g/mol. The number of benzene rings is 2. The molecule has 6 rings (SSSR count). The van der Waals surface area contributed by atoms with Crippen molar-refractivity contribution in [3.05, 3.63) is 70.8 Å². The van der Waals surface area contributed by atoms with Crippen LogP contribution in [0, 0.1) is 5.92 Å². The number of hydrogen-bond donors (Lipinski definition) is 1. The van der Waals surface area contributed by atoms with Gasteiger partial charge in [-0.1, -0.05) is 61.7 Å². The number of hydrogen-bond acceptors (Lipinski definition) is 3. The third-order valence-electron chi connectivity index (χ3n) is 7.37. The molecule has 146 valence electrons. The molecule has 0 radical (unpaired) electrons. The van der Waals surface area contributed by atoms with Gasteiger partial charge in [-0.25, -0.2) is 0 Å². The fourth-order valence-electron chi connectivity index (χ4n) is 6.23. The Bertz CT molecular complexity index is 1070. The highest BCUT2D eigenvalue weighted by Gasteiger charge is 2.67. The lowest BCUT2D eigenvalue weighted by molar-refractivity contribution is -0.143. The number of amides is 3. The molecule has 0 aromatic heterocycles. The summed E-state index contributed by atoms with van der Waals surface area (Å²) in [6.07, 6.45) is 5.04. The quantitative estimate of drug-likeness (QED) is 0.766. The molecule has 1 saturated heterocycles. The van der Waals surface area contributed by atoms with Crippen LogP contribution in [0.15, 0.2) is 48.5 Å². The predicted molar refractivity (Wildman–Crippen MR) is 106 cm³/mol. The second kappa shape index (κ2) is 5.78. The molecule has 2 fully saturated rings. The van der Waals surface area contributed by atoms with Gasteiger partial charge in [0.15, 0.2) is 0 Å². The summed E-state index contributed by atoms with van der Waals surface area (Å²) in [6, 6.07) is 15.2. The van der Waals surface area contributed by atoms with Crippen molar-refractivity contribution in [2.45, 2.75) is 49.6 Å². The molecule has 1 spiro atoms. The van der Waals surface area contributed by atoms with Gasteiger partial charge in [-0.15, -0.1) is 0 Å². The van der Waals surface area contributed by atoms with Crippen molar-refractivity contribution >= 4 is 17.7 Å². The smallest absolute Gasteiger partial charge is 0.252 e. The van der Waals surface area contributed by atoms with Crippen LogP contribution in [0.1, 0.15) is 65.1 Å². The Morgan fingerprint density at radius 1 is 0.828 bits per heavy atom. The summed E-state index contributed by atoms with van der Waals surface area (Å²) in [5.74, 6) is -1.52. The van der Waals surface area contributed by atoms with Gasteiger partial charge in [0.05, 0.1) is 11.8 Å². The first-order chi connectivity index (χ1) is 14.1. The van der Waals surface area contributed by atoms with E-state index in [9.17, 15) is 14.4 Å². The molecule has 29 heavy (non-hydrogen) atoms. The number of likely N-dealkylation sites (tertiary alicyclic amines) is 1. The summed E-state index contributed by atoms with van der Waals surface area (Å²) in [7, 11) is 0. The fraction of sp³-hybridized carbons (Fsp3) is 0.375. The Morgan fingerprint density at radius 2 is 1.52 bits per heavy atom. The first kappa shape index (κ1) is 17.0. The Balaban J connectivity index is 1.57. The van der Waals surface area contributed by atoms with Gasteiger partial charge in [0.25, 0.3) is 5.91 Å². The summed E-state index contributed by atoms with van der Waals surface area (Å²) in [6.45, 7) is 0. The lowest BCUT2D eigenvalue weighted by Gasteiger charge is -2.34. The molecule has 3 unspecified atom stereocenters. The van der Waals surface area contributed by atoms with E-state index < -0.39 is 17.4 Å². The molecule has 0 bridgehead atoms. The van der Waals surface area contributed by atoms with Crippen LogP contribution in [0.5, 0.6) is 0 Å². The van der Waals surface area contributed by atoms with Crippen LogP contribution in [0.4, 0.5) is 0 Å². The highest BCUT2D eigenvalue weighted by Crippen LogP contribution is 2.59. The van der Waals surface area contributed by atoms with Crippen molar-refractivity contribution in [1.29, 1.82) is 0 Å². The van der Waals surface area contributed by atoms with E-state index >= 15 is 0 Å². The van der Waals surface area contributed by atoms with Gasteiger partial charge >= 0.3 is 0 Å². The number of carbonyl (C=O) groups excluding carboxylic acids is 3. The van der Waals surface area contributed by atoms with Crippen LogP contribution in [0.3, 0.4) is 0 Å². The monoisotopic (exact) mass is 386 g/mol. The largest absolute Gasteiger partial charge is 0.337 e. The zero-order valence-electron chi connectivity index (χ0n) is 16.1. The van der Waals surface area contributed by atoms with Crippen molar-refractivity contribution in [1.82, 2.24) is 10.2 Å². The first-order valence-electron chi connectivity index (χ1n) is 10.5. The van der Waals surface area contributed by atoms with E-state index in [4.69, 9.17) is 0 Å². The molecule has 2 heterocycles. The van der Waals surface area contributed by atoms with E-state index in [-0.39, 0.29) is 23.8 Å². The molecule has 5 heteroatoms. The molecule has 3 amide bonds. The SMILES string of the molecule is O=C1NC2(c3ccccc31)c1ccccc1C1C(=O)N(C3CCCCC3)C(=O)C12. The van der Waals surface area contributed by atoms with Gasteiger partial charge in [-0.05, 0) is 35.6 Å². The van der Waals surface area contributed by atoms with Crippen LogP contribution in [0.25, 0.3) is 0 Å². The number of nitrogens with one attached hydrogen (secondary N) is 1. The third kappa shape index (κ3) is 1.98. The van der Waals surface area contributed by atoms with E-state index in [0.29, 0.717) is 5.56 Å². The van der Waals surface area contributed by atoms with Gasteiger partial charge in [0.1, 0.15) is 5.54 Å². The van der Waals surface area contributed by atoms with Crippen molar-refractivity contribution in [3.63, 3.8) is 0 Å². The topological polar surface area (TPSA) is 66.5 Å². The second-order valence-electron chi connectivity index (χ2n) is 8.69. The highest BCUT2D eigenvalue weighted by atomic mass is 16.2. The molecule has 5 nitrogen and oxygen atoms in total. The van der Waals surface area contributed by atoms with Gasteiger partial charge < -0.3 is 5.32 Å². The number of imide groups is 1. The molecule has 4 aliphatic rings. The fourth-order valence-corrected chi connectivity index (χ4v) is 6.23. The highest BCUT2D eigenvalue weighted by molar-refractivity contribution is 6.12. The molecule has 2 aliphatic heterocycles. The van der Waals surface area contributed by atoms with E-state index in [0.717, 1.165) is 48.8 Å². The number of carbonyl (C=O) groups is 3. The van der Waals surface area contributed by atoms with Crippen LogP contribution in [-0.4, -0.2) is 28.7 Å². The maximum atomic E-state index is 13.8. The minimum absolute atomic E-state index is 0.00842. The first-order valence-corrected chi connectivity index (χ1v) is 10.5. The van der Waals surface area contributed by atoms with Gasteiger partial charge in [0, 0.05) is 11.6 Å². The summed E-state index contributed by atoms with van der Waals surface area (Å²) >= 11 is 0. The van der Waals surface area contributed by atoms with Crippen LogP contribution in [-0.2, 0) is 15.1 Å². The average Bonchev–Trinajstić information content (AvgIpc) is 3.32. The molecule has 2 aromatic rings. The average molecular weight is 386 g/mol. The molecule has 2 aliphatic carbocycles. The van der Waals surface area contributed by atoms with Crippen molar-refractivity contribution in [3.8, 4) is 0 Å². The number of fused-ring (bicyclic) bond motifs is 7. The number of rotatable bonds is 1. The molecule has 2 aromatic carbocycles. The van der Waals surface area contributed by atoms with E-state index in [2.05, 4.69) is 5.32 Å². The summed E-state index contributed by atoms with van der Waals surface area (Å²) in [5, 5.41) is 3.16. The summed E-state index contributed by atoms with van der Waals surface area (Å²) in [4.78, 5) is 41.8. The lowest BCUT2D eigenvalue weighted by Crippen LogP contribution is -2.50. The standard InChI is InChI=1S/C24H22N2O3/c27-21-16-11-5-7-13-18(16)24(25-21)17-12-6-4-10-15(17)19-20(24)23(29)26(22(19)28)14-8-2-1-3-9-14/h4-7,10-14,19-20H,1-3,8-9H2,(H,25,27). The Morgan fingerprint density at radius 3 is 2.31 bits per heavy atom. The van der Waals surface area contributed by atoms with Crippen molar-refractivity contribution in [2.75, 3.05) is 0 Å². The molecule has 1 saturated carbocycles. The molecule has 1 N–H and O–H groups in total. The van der Waals surface area contributed by atoms with E-state index in [1.807, 2.05) is 42.5 Å². The minimum Gasteiger partial charge on any atom is -0.337 e. The van der Waals surface area contributed by atoms with Crippen molar-refractivity contribution in [2.24, 2.45) is 5.92 Å². The summed E-state index contributed by atoms with van der Waals surface area (Å²) in [5.41, 5.74) is 2.23. The zero-order valence-corrected chi connectivity index (χ0v) is 16.1. The lowest BCUT2D eigenvalue weighted by atomic mass is 9.76. The molecular formula is C24H22N2O3. The second-order valence-corrected chi connectivity index (χ2v) is 8.69. The third-order valence-corrected chi connectivity index (χ3v) is 7.37. The zero-order chi connectivity index (χ0) is 19.8. The molecule has 3 atom stereocenters.